The fourth-order valence-corrected chi connectivity index (χ4v) is 4.17. The van der Waals surface area contributed by atoms with Gasteiger partial charge < -0.3 is 4.57 Å². The average molecular weight is 390 g/mol. The fourth-order valence-electron chi connectivity index (χ4n) is 2.14. The van der Waals surface area contributed by atoms with E-state index < -0.39 is 14.9 Å². The highest BCUT2D eigenvalue weighted by Crippen LogP contribution is 2.33. The number of non-ortho nitro benzene ring substituents is 1. The summed E-state index contributed by atoms with van der Waals surface area (Å²) in [5.41, 5.74) is 0.230. The van der Waals surface area contributed by atoms with Crippen molar-refractivity contribution in [3.63, 3.8) is 0 Å². The van der Waals surface area contributed by atoms with Crippen LogP contribution in [0.15, 0.2) is 75.9 Å². The largest absolute Gasteiger partial charge is 0.329 e. The third kappa shape index (κ3) is 3.86. The van der Waals surface area contributed by atoms with Crippen molar-refractivity contribution in [2.24, 2.45) is 7.05 Å². The molecule has 26 heavy (non-hydrogen) atoms. The molecule has 1 aromatic heterocycles. The summed E-state index contributed by atoms with van der Waals surface area (Å²) in [6.07, 6.45) is 3.46. The van der Waals surface area contributed by atoms with Crippen LogP contribution in [0.25, 0.3) is 0 Å². The lowest BCUT2D eigenvalue weighted by molar-refractivity contribution is -0.384. The van der Waals surface area contributed by atoms with Crippen LogP contribution in [-0.4, -0.2) is 22.9 Å². The summed E-state index contributed by atoms with van der Waals surface area (Å²) in [6, 6.07) is 11.7. The third-order valence-electron chi connectivity index (χ3n) is 3.47. The molecule has 3 aromatic rings. The predicted octanol–water partition coefficient (Wildman–Crippen LogP) is 3.28. The molecule has 2 aromatic carbocycles. The first kappa shape index (κ1) is 18.0. The van der Waals surface area contributed by atoms with Crippen molar-refractivity contribution in [2.45, 2.75) is 14.9 Å². The van der Waals surface area contributed by atoms with Crippen LogP contribution in [0, 0.1) is 10.1 Å². The summed E-state index contributed by atoms with van der Waals surface area (Å²) in [4.78, 5) is 15.0. The number of sulfonamides is 1. The number of hydrogen-bond donors (Lipinski definition) is 1. The Kier molecular flexibility index (Phi) is 4.96. The summed E-state index contributed by atoms with van der Waals surface area (Å²) in [5.74, 6) is 0. The molecule has 1 heterocycles. The molecule has 0 bridgehead atoms. The first-order valence-electron chi connectivity index (χ1n) is 7.38. The first-order valence-corrected chi connectivity index (χ1v) is 9.68. The minimum Gasteiger partial charge on any atom is -0.329 e. The maximum Gasteiger partial charge on any atom is 0.269 e. The number of hydrogen-bond acceptors (Lipinski definition) is 6. The van der Waals surface area contributed by atoms with Gasteiger partial charge in [-0.15, -0.1) is 0 Å². The Labute approximate surface area is 154 Å². The molecule has 0 saturated heterocycles. The Morgan fingerprint density at radius 2 is 1.85 bits per heavy atom. The Bertz CT molecular complexity index is 1050. The van der Waals surface area contributed by atoms with Crippen LogP contribution in [0.1, 0.15) is 0 Å². The molecule has 0 saturated carbocycles. The van der Waals surface area contributed by atoms with Gasteiger partial charge in [-0.3, -0.25) is 14.8 Å². The molecule has 3 rings (SSSR count). The maximum atomic E-state index is 12.6. The van der Waals surface area contributed by atoms with Gasteiger partial charge in [0.25, 0.3) is 15.7 Å². The summed E-state index contributed by atoms with van der Waals surface area (Å²) in [7, 11) is -2.03. The summed E-state index contributed by atoms with van der Waals surface area (Å²) in [5, 5.41) is 11.4. The molecule has 1 N–H and O–H groups in total. The SMILES string of the molecule is Cn1ccnc1Sc1ccccc1NS(=O)(=O)c1ccc([N+](=O)[O-])cc1. The van der Waals surface area contributed by atoms with E-state index in [4.69, 9.17) is 0 Å². The minimum absolute atomic E-state index is 0.0557. The van der Waals surface area contributed by atoms with Crippen molar-refractivity contribution in [1.82, 2.24) is 9.55 Å². The van der Waals surface area contributed by atoms with Crippen molar-refractivity contribution in [3.05, 3.63) is 71.0 Å². The zero-order valence-electron chi connectivity index (χ0n) is 13.6. The van der Waals surface area contributed by atoms with Crippen LogP contribution < -0.4 is 4.72 Å². The predicted molar refractivity (Wildman–Crippen MR) is 97.7 cm³/mol. The minimum atomic E-state index is -3.88. The summed E-state index contributed by atoms with van der Waals surface area (Å²) in [6.45, 7) is 0. The van der Waals surface area contributed by atoms with Gasteiger partial charge in [0.05, 0.1) is 15.5 Å². The van der Waals surface area contributed by atoms with E-state index in [1.165, 1.54) is 23.9 Å². The number of aryl methyl sites for hydroxylation is 1. The lowest BCUT2D eigenvalue weighted by Gasteiger charge is -2.12. The highest BCUT2D eigenvalue weighted by Gasteiger charge is 2.18. The molecule has 0 aliphatic rings. The van der Waals surface area contributed by atoms with E-state index in [0.29, 0.717) is 15.7 Å². The fraction of sp³-hybridized carbons (Fsp3) is 0.0625. The van der Waals surface area contributed by atoms with Crippen LogP contribution >= 0.6 is 11.8 Å². The van der Waals surface area contributed by atoms with E-state index in [2.05, 4.69) is 9.71 Å². The molecular weight excluding hydrogens is 376 g/mol. The smallest absolute Gasteiger partial charge is 0.269 e. The van der Waals surface area contributed by atoms with Crippen molar-refractivity contribution in [1.29, 1.82) is 0 Å². The number of aromatic nitrogens is 2. The Morgan fingerprint density at radius 1 is 1.15 bits per heavy atom. The van der Waals surface area contributed by atoms with E-state index in [-0.39, 0.29) is 10.6 Å². The third-order valence-corrected chi connectivity index (χ3v) is 6.00. The first-order chi connectivity index (χ1) is 12.4. The number of nitro benzene ring substituents is 1. The van der Waals surface area contributed by atoms with Crippen LogP contribution in [0.2, 0.25) is 0 Å². The van der Waals surface area contributed by atoms with E-state index in [9.17, 15) is 18.5 Å². The highest BCUT2D eigenvalue weighted by molar-refractivity contribution is 7.99. The number of para-hydroxylation sites is 1. The number of nitro groups is 1. The molecular formula is C16H14N4O4S2. The van der Waals surface area contributed by atoms with E-state index in [1.54, 1.807) is 36.7 Å². The summed E-state index contributed by atoms with van der Waals surface area (Å²) < 4.78 is 29.5. The van der Waals surface area contributed by atoms with Crippen molar-refractivity contribution < 1.29 is 13.3 Å². The monoisotopic (exact) mass is 390 g/mol. The Balaban J connectivity index is 1.88. The molecule has 0 amide bonds. The lowest BCUT2D eigenvalue weighted by Crippen LogP contribution is -2.13. The van der Waals surface area contributed by atoms with Gasteiger partial charge in [-0.25, -0.2) is 13.4 Å². The van der Waals surface area contributed by atoms with Crippen LogP contribution in [-0.2, 0) is 17.1 Å². The van der Waals surface area contributed by atoms with Gasteiger partial charge in [0.15, 0.2) is 5.16 Å². The Hall–Kier alpha value is -2.85. The number of benzene rings is 2. The molecule has 0 spiro atoms. The number of anilines is 1. The highest BCUT2D eigenvalue weighted by atomic mass is 32.2. The molecule has 0 atom stereocenters. The average Bonchev–Trinajstić information content (AvgIpc) is 3.01. The van der Waals surface area contributed by atoms with Gasteiger partial charge >= 0.3 is 0 Å². The van der Waals surface area contributed by atoms with Crippen LogP contribution in [0.3, 0.4) is 0 Å². The van der Waals surface area contributed by atoms with E-state index in [0.717, 1.165) is 12.1 Å². The summed E-state index contributed by atoms with van der Waals surface area (Å²) >= 11 is 1.33. The van der Waals surface area contributed by atoms with Crippen LogP contribution in [0.5, 0.6) is 0 Å². The second-order valence-electron chi connectivity index (χ2n) is 5.28. The number of nitrogens with zero attached hydrogens (tertiary/aromatic N) is 3. The molecule has 0 radical (unpaired) electrons. The molecule has 0 unspecified atom stereocenters. The normalized spacial score (nSPS) is 11.3. The second-order valence-corrected chi connectivity index (χ2v) is 7.97. The van der Waals surface area contributed by atoms with Gasteiger partial charge in [0.2, 0.25) is 0 Å². The van der Waals surface area contributed by atoms with Crippen LogP contribution in [0.4, 0.5) is 11.4 Å². The molecule has 0 fully saturated rings. The zero-order chi connectivity index (χ0) is 18.7. The van der Waals surface area contributed by atoms with Crippen molar-refractivity contribution in [2.75, 3.05) is 4.72 Å². The zero-order valence-corrected chi connectivity index (χ0v) is 15.2. The number of nitrogens with one attached hydrogen (secondary N) is 1. The van der Waals surface area contributed by atoms with Crippen molar-refractivity contribution >= 4 is 33.2 Å². The van der Waals surface area contributed by atoms with E-state index in [1.807, 2.05) is 11.6 Å². The standard InChI is InChI=1S/C16H14N4O4S2/c1-19-11-10-17-16(19)25-15-5-3-2-4-14(15)18-26(23,24)13-8-6-12(7-9-13)20(21)22/h2-11,18H,1H3. The van der Waals surface area contributed by atoms with E-state index >= 15 is 0 Å². The lowest BCUT2D eigenvalue weighted by atomic mass is 10.3. The van der Waals surface area contributed by atoms with Gasteiger partial charge in [-0.05, 0) is 36.0 Å². The van der Waals surface area contributed by atoms with Gasteiger partial charge in [0, 0.05) is 36.5 Å². The quantitative estimate of drug-likeness (QED) is 0.511. The molecule has 10 heteroatoms. The number of rotatable bonds is 6. The van der Waals surface area contributed by atoms with Crippen molar-refractivity contribution in [3.8, 4) is 0 Å². The number of imidazole rings is 1. The maximum absolute atomic E-state index is 12.6. The molecule has 134 valence electrons. The molecule has 8 nitrogen and oxygen atoms in total. The second kappa shape index (κ2) is 7.18. The van der Waals surface area contributed by atoms with Gasteiger partial charge in [-0.1, -0.05) is 12.1 Å². The Morgan fingerprint density at radius 3 is 2.46 bits per heavy atom. The molecule has 0 aliphatic carbocycles. The topological polar surface area (TPSA) is 107 Å². The van der Waals surface area contributed by atoms with Gasteiger partial charge in [0.1, 0.15) is 0 Å². The van der Waals surface area contributed by atoms with Gasteiger partial charge in [-0.2, -0.15) is 0 Å². The molecule has 0 aliphatic heterocycles.